The van der Waals surface area contributed by atoms with Gasteiger partial charge in [0.2, 0.25) is 0 Å². The lowest BCUT2D eigenvalue weighted by molar-refractivity contribution is 0.631. The number of anilines is 2. The van der Waals surface area contributed by atoms with Crippen molar-refractivity contribution in [2.75, 3.05) is 5.32 Å². The molecule has 0 aliphatic rings. The largest absolute Gasteiger partial charge is 0.323 e. The van der Waals surface area contributed by atoms with Crippen molar-refractivity contribution < 1.29 is 4.39 Å². The molecule has 0 unspecified atom stereocenters. The maximum atomic E-state index is 14.6. The summed E-state index contributed by atoms with van der Waals surface area (Å²) in [7, 11) is 1.85. The molecule has 2 aromatic carbocycles. The van der Waals surface area contributed by atoms with Gasteiger partial charge in [-0.15, -0.1) is 0 Å². The Bertz CT molecular complexity index is 1410. The number of hydrogen-bond donors (Lipinski definition) is 1. The third-order valence-corrected chi connectivity index (χ3v) is 5.13. The van der Waals surface area contributed by atoms with Gasteiger partial charge in [-0.3, -0.25) is 9.67 Å². The number of nitrogens with zero attached hydrogens (tertiary/aromatic N) is 5. The summed E-state index contributed by atoms with van der Waals surface area (Å²) in [5.41, 5.74) is 3.26. The van der Waals surface area contributed by atoms with E-state index in [0.717, 1.165) is 22.0 Å². The van der Waals surface area contributed by atoms with Gasteiger partial charge in [0.15, 0.2) is 5.82 Å². The van der Waals surface area contributed by atoms with E-state index in [9.17, 15) is 4.39 Å². The third-order valence-electron chi connectivity index (χ3n) is 4.90. The second-order valence-electron chi connectivity index (χ2n) is 6.98. The van der Waals surface area contributed by atoms with Crippen molar-refractivity contribution in [3.05, 3.63) is 84.2 Å². The van der Waals surface area contributed by atoms with Crippen LogP contribution in [0.3, 0.4) is 0 Å². The number of nitrogens with one attached hydrogen (secondary N) is 1. The van der Waals surface area contributed by atoms with E-state index in [1.54, 1.807) is 16.9 Å². The van der Waals surface area contributed by atoms with Crippen molar-refractivity contribution in [3.63, 3.8) is 0 Å². The van der Waals surface area contributed by atoms with E-state index in [1.807, 2.05) is 49.6 Å². The molecule has 1 N–H and O–H groups in total. The maximum absolute atomic E-state index is 14.6. The van der Waals surface area contributed by atoms with Crippen LogP contribution >= 0.6 is 11.6 Å². The molecule has 6 nitrogen and oxygen atoms in total. The summed E-state index contributed by atoms with van der Waals surface area (Å²) < 4.78 is 16.3. The second kappa shape index (κ2) is 7.77. The minimum Gasteiger partial charge on any atom is -0.323 e. The number of halogens is 2. The Morgan fingerprint density at radius 2 is 1.87 bits per heavy atom. The number of aromatic nitrogens is 5. The van der Waals surface area contributed by atoms with Gasteiger partial charge in [-0.2, -0.15) is 5.10 Å². The fourth-order valence-corrected chi connectivity index (χ4v) is 3.63. The number of rotatable bonds is 4. The Hall–Kier alpha value is -3.84. The first-order valence-electron chi connectivity index (χ1n) is 9.51. The van der Waals surface area contributed by atoms with Gasteiger partial charge in [0.1, 0.15) is 18.0 Å². The van der Waals surface area contributed by atoms with Crippen LogP contribution in [0.25, 0.3) is 33.3 Å². The smallest absolute Gasteiger partial charge is 0.153 e. The number of hydrogen-bond acceptors (Lipinski definition) is 5. The van der Waals surface area contributed by atoms with Crippen LogP contribution in [0.4, 0.5) is 16.0 Å². The summed E-state index contributed by atoms with van der Waals surface area (Å²) >= 11 is 6.12. The highest BCUT2D eigenvalue weighted by Gasteiger charge is 2.15. The van der Waals surface area contributed by atoms with Crippen molar-refractivity contribution in [2.24, 2.45) is 7.05 Å². The summed E-state index contributed by atoms with van der Waals surface area (Å²) in [6.07, 6.45) is 4.99. The lowest BCUT2D eigenvalue weighted by atomic mass is 9.98. The third kappa shape index (κ3) is 3.71. The van der Waals surface area contributed by atoms with Gasteiger partial charge < -0.3 is 5.32 Å². The molecule has 31 heavy (non-hydrogen) atoms. The van der Waals surface area contributed by atoms with Crippen LogP contribution in [0, 0.1) is 5.82 Å². The SMILES string of the molecule is Cn1ccc(Nc2ncnc3ccc(-c4cccnc4-c4cc(Cl)ccc4F)cc23)n1. The summed E-state index contributed by atoms with van der Waals surface area (Å²) in [6, 6.07) is 15.8. The first-order valence-corrected chi connectivity index (χ1v) is 9.88. The average molecular weight is 431 g/mol. The predicted octanol–water partition coefficient (Wildman–Crippen LogP) is 5.63. The zero-order valence-corrected chi connectivity index (χ0v) is 17.2. The zero-order chi connectivity index (χ0) is 21.4. The molecule has 8 heteroatoms. The fraction of sp³-hybridized carbons (Fsp3) is 0.0435. The normalized spacial score (nSPS) is 11.1. The molecule has 0 saturated carbocycles. The van der Waals surface area contributed by atoms with Gasteiger partial charge in [-0.1, -0.05) is 23.7 Å². The highest BCUT2D eigenvalue weighted by atomic mass is 35.5. The molecule has 0 radical (unpaired) electrons. The Balaban J connectivity index is 1.65. The fourth-order valence-electron chi connectivity index (χ4n) is 3.46. The second-order valence-corrected chi connectivity index (χ2v) is 7.41. The van der Waals surface area contributed by atoms with Crippen molar-refractivity contribution in [3.8, 4) is 22.4 Å². The van der Waals surface area contributed by atoms with E-state index in [4.69, 9.17) is 11.6 Å². The highest BCUT2D eigenvalue weighted by Crippen LogP contribution is 2.35. The predicted molar refractivity (Wildman–Crippen MR) is 120 cm³/mol. The van der Waals surface area contributed by atoms with Crippen LogP contribution in [0.1, 0.15) is 0 Å². The monoisotopic (exact) mass is 430 g/mol. The molecule has 0 aliphatic heterocycles. The quantitative estimate of drug-likeness (QED) is 0.400. The number of fused-ring (bicyclic) bond motifs is 1. The van der Waals surface area contributed by atoms with Gasteiger partial charge in [0.05, 0.1) is 11.2 Å². The standard InChI is InChI=1S/C23H16ClFN6/c1-31-10-8-21(30-31)29-23-18-11-14(4-7-20(18)27-13-28-23)16-3-2-9-26-22(16)17-12-15(24)5-6-19(17)25/h2-13H,1H3,(H,27,28,29,30). The minimum atomic E-state index is -0.383. The van der Waals surface area contributed by atoms with Crippen LogP contribution in [-0.4, -0.2) is 24.7 Å². The van der Waals surface area contributed by atoms with Gasteiger partial charge in [0, 0.05) is 47.0 Å². The molecule has 3 heterocycles. The topological polar surface area (TPSA) is 68.5 Å². The number of benzene rings is 2. The van der Waals surface area contributed by atoms with Crippen molar-refractivity contribution >= 4 is 34.1 Å². The van der Waals surface area contributed by atoms with E-state index >= 15 is 0 Å². The zero-order valence-electron chi connectivity index (χ0n) is 16.4. The molecule has 0 aliphatic carbocycles. The van der Waals surface area contributed by atoms with Gasteiger partial charge in [-0.25, -0.2) is 14.4 Å². The van der Waals surface area contributed by atoms with Crippen LogP contribution in [-0.2, 0) is 7.05 Å². The summed E-state index contributed by atoms with van der Waals surface area (Å²) in [5.74, 6) is 0.923. The molecule has 0 atom stereocenters. The van der Waals surface area contributed by atoms with Crippen LogP contribution in [0.2, 0.25) is 5.02 Å². The molecular formula is C23H16ClFN6. The molecule has 152 valence electrons. The lowest BCUT2D eigenvalue weighted by Crippen LogP contribution is -1.98. The van der Waals surface area contributed by atoms with Gasteiger partial charge in [-0.05, 0) is 42.0 Å². The Kier molecular flexibility index (Phi) is 4.80. The van der Waals surface area contributed by atoms with Crippen LogP contribution in [0.5, 0.6) is 0 Å². The van der Waals surface area contributed by atoms with E-state index in [-0.39, 0.29) is 5.82 Å². The van der Waals surface area contributed by atoms with Crippen molar-refractivity contribution in [1.29, 1.82) is 0 Å². The first-order chi connectivity index (χ1) is 15.1. The number of pyridine rings is 1. The number of aryl methyl sites for hydroxylation is 1. The Morgan fingerprint density at radius 3 is 2.71 bits per heavy atom. The van der Waals surface area contributed by atoms with Crippen LogP contribution in [0.15, 0.2) is 73.3 Å². The summed E-state index contributed by atoms with van der Waals surface area (Å²) in [4.78, 5) is 13.2. The average Bonchev–Trinajstić information content (AvgIpc) is 3.20. The van der Waals surface area contributed by atoms with E-state index < -0.39 is 0 Å². The maximum Gasteiger partial charge on any atom is 0.153 e. The molecule has 0 bridgehead atoms. The van der Waals surface area contributed by atoms with Gasteiger partial charge >= 0.3 is 0 Å². The molecule has 0 fully saturated rings. The van der Waals surface area contributed by atoms with E-state index in [1.165, 1.54) is 18.5 Å². The molecule has 5 rings (SSSR count). The van der Waals surface area contributed by atoms with Crippen molar-refractivity contribution in [2.45, 2.75) is 0 Å². The van der Waals surface area contributed by atoms with E-state index in [0.29, 0.717) is 27.9 Å². The molecule has 0 spiro atoms. The molecule has 5 aromatic rings. The van der Waals surface area contributed by atoms with E-state index in [2.05, 4.69) is 25.4 Å². The summed E-state index contributed by atoms with van der Waals surface area (Å²) in [6.45, 7) is 0. The van der Waals surface area contributed by atoms with Gasteiger partial charge in [0.25, 0.3) is 0 Å². The molecular weight excluding hydrogens is 415 g/mol. The molecule has 3 aromatic heterocycles. The summed E-state index contributed by atoms with van der Waals surface area (Å²) in [5, 5.41) is 8.84. The minimum absolute atomic E-state index is 0.347. The van der Waals surface area contributed by atoms with Crippen LogP contribution < -0.4 is 5.32 Å². The lowest BCUT2D eigenvalue weighted by Gasteiger charge is -2.12. The Morgan fingerprint density at radius 1 is 0.968 bits per heavy atom. The first kappa shape index (κ1) is 19.1. The highest BCUT2D eigenvalue weighted by molar-refractivity contribution is 6.30. The molecule has 0 amide bonds. The van der Waals surface area contributed by atoms with Crippen molar-refractivity contribution in [1.82, 2.24) is 24.7 Å². The Labute approximate surface area is 182 Å². The molecule has 0 saturated heterocycles.